The van der Waals surface area contributed by atoms with Crippen molar-refractivity contribution in [1.29, 1.82) is 0 Å². The first-order chi connectivity index (χ1) is 7.70. The lowest BCUT2D eigenvalue weighted by Gasteiger charge is -2.23. The van der Waals surface area contributed by atoms with E-state index >= 15 is 0 Å². The summed E-state index contributed by atoms with van der Waals surface area (Å²) in [4.78, 5) is 4.43. The van der Waals surface area contributed by atoms with Gasteiger partial charge < -0.3 is 10.3 Å². The second-order valence-electron chi connectivity index (χ2n) is 4.96. The zero-order valence-corrected chi connectivity index (χ0v) is 10.1. The minimum Gasteiger partial charge on any atom is -0.338 e. The molecule has 2 rings (SSSR count). The minimum atomic E-state index is -0.108. The number of nitrogens with two attached hydrogens (primary N) is 1. The molecule has 0 bridgehead atoms. The Bertz CT molecular complexity index is 329. The summed E-state index contributed by atoms with van der Waals surface area (Å²) in [5.74, 6) is 2.79. The van der Waals surface area contributed by atoms with Crippen molar-refractivity contribution in [2.24, 2.45) is 11.7 Å². The summed E-state index contributed by atoms with van der Waals surface area (Å²) in [7, 11) is 0. The Morgan fingerprint density at radius 1 is 1.38 bits per heavy atom. The highest BCUT2D eigenvalue weighted by Gasteiger charge is 2.24. The van der Waals surface area contributed by atoms with Gasteiger partial charge in [0, 0.05) is 5.92 Å². The first kappa shape index (κ1) is 11.6. The molecular formula is C12H21N3O. The van der Waals surface area contributed by atoms with E-state index in [1.54, 1.807) is 0 Å². The predicted octanol–water partition coefficient (Wildman–Crippen LogP) is 2.77. The van der Waals surface area contributed by atoms with Gasteiger partial charge in [-0.3, -0.25) is 0 Å². The van der Waals surface area contributed by atoms with Crippen LogP contribution >= 0.6 is 0 Å². The van der Waals surface area contributed by atoms with Gasteiger partial charge in [-0.2, -0.15) is 4.98 Å². The second kappa shape index (κ2) is 4.95. The summed E-state index contributed by atoms with van der Waals surface area (Å²) in [6.07, 6.45) is 5.75. The van der Waals surface area contributed by atoms with Crippen LogP contribution in [0.3, 0.4) is 0 Å². The zero-order valence-electron chi connectivity index (χ0n) is 10.1. The van der Waals surface area contributed by atoms with E-state index in [9.17, 15) is 0 Å². The molecule has 0 aliphatic heterocycles. The van der Waals surface area contributed by atoms with E-state index in [0.717, 1.165) is 18.2 Å². The molecule has 0 spiro atoms. The number of rotatable bonds is 3. The first-order valence-electron chi connectivity index (χ1n) is 6.29. The van der Waals surface area contributed by atoms with Crippen LogP contribution in [0.5, 0.6) is 0 Å². The van der Waals surface area contributed by atoms with Crippen molar-refractivity contribution in [2.45, 2.75) is 57.9 Å². The number of hydrogen-bond acceptors (Lipinski definition) is 4. The van der Waals surface area contributed by atoms with Gasteiger partial charge in [0.1, 0.15) is 0 Å². The smallest absolute Gasteiger partial charge is 0.243 e. The number of nitrogens with zero attached hydrogens (tertiary/aromatic N) is 2. The molecule has 2 N–H and O–H groups in total. The van der Waals surface area contributed by atoms with E-state index in [1.807, 2.05) is 6.92 Å². The highest BCUT2D eigenvalue weighted by Crippen LogP contribution is 2.34. The van der Waals surface area contributed by atoms with Crippen LogP contribution in [0.1, 0.15) is 69.6 Å². The first-order valence-corrected chi connectivity index (χ1v) is 6.29. The molecule has 4 heteroatoms. The van der Waals surface area contributed by atoms with Crippen molar-refractivity contribution in [2.75, 3.05) is 0 Å². The van der Waals surface area contributed by atoms with Gasteiger partial charge >= 0.3 is 0 Å². The van der Waals surface area contributed by atoms with Crippen LogP contribution in [0.15, 0.2) is 4.52 Å². The molecule has 0 amide bonds. The fourth-order valence-electron chi connectivity index (χ4n) is 2.26. The Kier molecular flexibility index (Phi) is 3.59. The quantitative estimate of drug-likeness (QED) is 0.855. The van der Waals surface area contributed by atoms with Crippen LogP contribution in [-0.4, -0.2) is 10.1 Å². The van der Waals surface area contributed by atoms with Gasteiger partial charge in [-0.05, 0) is 25.2 Å². The van der Waals surface area contributed by atoms with Crippen LogP contribution in [-0.2, 0) is 0 Å². The van der Waals surface area contributed by atoms with Crippen molar-refractivity contribution in [3.63, 3.8) is 0 Å². The van der Waals surface area contributed by atoms with Crippen LogP contribution in [0.25, 0.3) is 0 Å². The van der Waals surface area contributed by atoms with E-state index in [0.29, 0.717) is 11.8 Å². The fraction of sp³-hybridized carbons (Fsp3) is 0.833. The lowest BCUT2D eigenvalue weighted by molar-refractivity contribution is 0.318. The summed E-state index contributed by atoms with van der Waals surface area (Å²) in [6.45, 7) is 4.34. The van der Waals surface area contributed by atoms with E-state index in [2.05, 4.69) is 17.1 Å². The van der Waals surface area contributed by atoms with Gasteiger partial charge in [-0.25, -0.2) is 0 Å². The lowest BCUT2D eigenvalue weighted by Crippen LogP contribution is -2.13. The van der Waals surface area contributed by atoms with E-state index < -0.39 is 0 Å². The van der Waals surface area contributed by atoms with Crippen molar-refractivity contribution < 1.29 is 4.52 Å². The highest BCUT2D eigenvalue weighted by molar-refractivity contribution is 4.99. The van der Waals surface area contributed by atoms with Crippen molar-refractivity contribution in [3.05, 3.63) is 11.7 Å². The maximum atomic E-state index is 5.86. The van der Waals surface area contributed by atoms with Crippen LogP contribution in [0, 0.1) is 5.92 Å². The standard InChI is InChI=1S/C12H21N3O/c1-3-10(13)12-14-11(15-16-12)9-6-4-8(2)5-7-9/h8-10H,3-7,13H2,1-2H3/t8?,9?,10-/m0/s1. The SMILES string of the molecule is CC[C@H](N)c1nc(C2CCC(C)CC2)no1. The Labute approximate surface area is 96.6 Å². The Morgan fingerprint density at radius 3 is 2.69 bits per heavy atom. The fourth-order valence-corrected chi connectivity index (χ4v) is 2.26. The zero-order chi connectivity index (χ0) is 11.5. The Hall–Kier alpha value is -0.900. The van der Waals surface area contributed by atoms with Gasteiger partial charge in [-0.1, -0.05) is 31.8 Å². The number of hydrogen-bond donors (Lipinski definition) is 1. The number of aromatic nitrogens is 2. The maximum Gasteiger partial charge on any atom is 0.243 e. The van der Waals surface area contributed by atoms with Gasteiger partial charge in [0.25, 0.3) is 0 Å². The maximum absolute atomic E-state index is 5.86. The van der Waals surface area contributed by atoms with E-state index in [-0.39, 0.29) is 6.04 Å². The third-order valence-electron chi connectivity index (χ3n) is 3.60. The lowest BCUT2D eigenvalue weighted by atomic mass is 9.83. The van der Waals surface area contributed by atoms with Gasteiger partial charge in [0.05, 0.1) is 6.04 Å². The Morgan fingerprint density at radius 2 is 2.06 bits per heavy atom. The molecule has 1 heterocycles. The topological polar surface area (TPSA) is 64.9 Å². The molecule has 0 saturated heterocycles. The average Bonchev–Trinajstić information content (AvgIpc) is 2.78. The molecule has 1 aliphatic carbocycles. The third kappa shape index (κ3) is 2.43. The molecule has 1 aliphatic rings. The summed E-state index contributed by atoms with van der Waals surface area (Å²) in [6, 6.07) is -0.108. The third-order valence-corrected chi connectivity index (χ3v) is 3.60. The van der Waals surface area contributed by atoms with Crippen molar-refractivity contribution >= 4 is 0 Å². The normalized spacial score (nSPS) is 27.9. The second-order valence-corrected chi connectivity index (χ2v) is 4.96. The molecule has 1 aromatic heterocycles. The highest BCUT2D eigenvalue weighted by atomic mass is 16.5. The summed E-state index contributed by atoms with van der Waals surface area (Å²) < 4.78 is 5.21. The molecule has 0 radical (unpaired) electrons. The van der Waals surface area contributed by atoms with Crippen molar-refractivity contribution in [3.8, 4) is 0 Å². The van der Waals surface area contributed by atoms with Crippen LogP contribution < -0.4 is 5.73 Å². The van der Waals surface area contributed by atoms with Crippen molar-refractivity contribution in [1.82, 2.24) is 10.1 Å². The molecule has 16 heavy (non-hydrogen) atoms. The minimum absolute atomic E-state index is 0.108. The Balaban J connectivity index is 2.01. The molecule has 1 saturated carbocycles. The molecule has 4 nitrogen and oxygen atoms in total. The van der Waals surface area contributed by atoms with Crippen LogP contribution in [0.2, 0.25) is 0 Å². The summed E-state index contributed by atoms with van der Waals surface area (Å²) in [5.41, 5.74) is 5.86. The monoisotopic (exact) mass is 223 g/mol. The average molecular weight is 223 g/mol. The molecule has 1 aromatic rings. The molecule has 1 fully saturated rings. The van der Waals surface area contributed by atoms with Gasteiger partial charge in [0.2, 0.25) is 5.89 Å². The predicted molar refractivity (Wildman–Crippen MR) is 61.9 cm³/mol. The van der Waals surface area contributed by atoms with Crippen LogP contribution in [0.4, 0.5) is 0 Å². The summed E-state index contributed by atoms with van der Waals surface area (Å²) >= 11 is 0. The molecule has 0 unspecified atom stereocenters. The van der Waals surface area contributed by atoms with E-state index in [4.69, 9.17) is 10.3 Å². The molecule has 0 aromatic carbocycles. The molecule has 1 atom stereocenters. The van der Waals surface area contributed by atoms with Gasteiger partial charge in [0.15, 0.2) is 5.82 Å². The molecular weight excluding hydrogens is 202 g/mol. The largest absolute Gasteiger partial charge is 0.338 e. The summed E-state index contributed by atoms with van der Waals surface area (Å²) in [5, 5.41) is 4.07. The van der Waals surface area contributed by atoms with Gasteiger partial charge in [-0.15, -0.1) is 0 Å². The van der Waals surface area contributed by atoms with E-state index in [1.165, 1.54) is 25.7 Å². The molecule has 90 valence electrons.